The fourth-order valence-corrected chi connectivity index (χ4v) is 3.95. The van der Waals surface area contributed by atoms with Gasteiger partial charge in [0.1, 0.15) is 11.5 Å². The zero-order chi connectivity index (χ0) is 20.7. The molecule has 1 saturated carbocycles. The van der Waals surface area contributed by atoms with Gasteiger partial charge in [-0.25, -0.2) is 19.2 Å². The lowest BCUT2D eigenvalue weighted by molar-refractivity contribution is 0.00112. The molecule has 2 N–H and O–H groups in total. The van der Waals surface area contributed by atoms with Gasteiger partial charge in [0.25, 0.3) is 0 Å². The number of anilines is 1. The lowest BCUT2D eigenvalue weighted by atomic mass is 9.69. The Morgan fingerprint density at radius 3 is 2.80 bits per heavy atom. The average Bonchev–Trinajstić information content (AvgIpc) is 2.71. The number of nitrogens with zero attached hydrogens (tertiary/aromatic N) is 5. The molecule has 3 heterocycles. The molecule has 2 aliphatic rings. The van der Waals surface area contributed by atoms with Crippen molar-refractivity contribution in [3.63, 3.8) is 0 Å². The van der Waals surface area contributed by atoms with Gasteiger partial charge in [0, 0.05) is 23.4 Å². The molecule has 0 bridgehead atoms. The first-order valence-corrected chi connectivity index (χ1v) is 9.41. The van der Waals surface area contributed by atoms with Crippen LogP contribution in [0.1, 0.15) is 30.4 Å². The molecule has 1 fully saturated rings. The Kier molecular flexibility index (Phi) is 4.19. The fraction of sp³-hybridized carbons (Fsp3) is 0.250. The molecule has 5 rings (SSSR count). The van der Waals surface area contributed by atoms with E-state index in [9.17, 15) is 9.18 Å². The van der Waals surface area contributed by atoms with Crippen LogP contribution in [0.15, 0.2) is 42.9 Å². The van der Waals surface area contributed by atoms with Gasteiger partial charge in [-0.1, -0.05) is 5.10 Å². The minimum absolute atomic E-state index is 0.0403. The molecule has 152 valence electrons. The number of hydrogen-bond acceptors (Lipinski definition) is 8. The second-order valence-electron chi connectivity index (χ2n) is 7.19. The fourth-order valence-electron chi connectivity index (χ4n) is 3.95. The van der Waals surface area contributed by atoms with Gasteiger partial charge in [-0.2, -0.15) is 5.10 Å². The van der Waals surface area contributed by atoms with Crippen molar-refractivity contribution in [1.29, 1.82) is 0 Å². The van der Waals surface area contributed by atoms with E-state index >= 15 is 0 Å². The van der Waals surface area contributed by atoms with Crippen LogP contribution < -0.4 is 15.2 Å². The number of aromatic nitrogens is 4. The predicted octanol–water partition coefficient (Wildman–Crippen LogP) is 3.17. The standard InChI is InChI=1S/C20H17FN6O3/c21-16-12(4-7-23-17(16)22)11-27-19(28)30-15-10-13(29-18-24-8-9-25-26-18)2-3-14(15)20(27)5-1-6-20/h2-4,7-10H,1,5-6,11H2,(H2,22,23). The van der Waals surface area contributed by atoms with Crippen molar-refractivity contribution in [2.24, 2.45) is 0 Å². The number of pyridine rings is 1. The third-order valence-corrected chi connectivity index (χ3v) is 5.56. The van der Waals surface area contributed by atoms with Gasteiger partial charge in [-0.05, 0) is 37.5 Å². The highest BCUT2D eigenvalue weighted by Crippen LogP contribution is 2.53. The van der Waals surface area contributed by atoms with Crippen LogP contribution in [0.2, 0.25) is 0 Å². The number of nitrogen functional groups attached to an aromatic ring is 1. The summed E-state index contributed by atoms with van der Waals surface area (Å²) in [6, 6.07) is 6.86. The zero-order valence-electron chi connectivity index (χ0n) is 15.8. The van der Waals surface area contributed by atoms with Crippen molar-refractivity contribution in [3.8, 4) is 17.5 Å². The lowest BCUT2D eigenvalue weighted by Gasteiger charge is -2.52. The average molecular weight is 408 g/mol. The first-order valence-electron chi connectivity index (χ1n) is 9.41. The maximum atomic E-state index is 14.4. The Labute approximate surface area is 170 Å². The highest BCUT2D eigenvalue weighted by Gasteiger charge is 2.51. The SMILES string of the molecule is Nc1nccc(CN2C(=O)Oc3cc(Oc4nccnn4)ccc3C23CCC3)c1F. The molecular weight excluding hydrogens is 391 g/mol. The van der Waals surface area contributed by atoms with E-state index in [2.05, 4.69) is 20.2 Å². The van der Waals surface area contributed by atoms with Gasteiger partial charge in [-0.3, -0.25) is 4.90 Å². The number of halogens is 1. The quantitative estimate of drug-likeness (QED) is 0.700. The number of benzene rings is 1. The first kappa shape index (κ1) is 18.2. The van der Waals surface area contributed by atoms with Crippen LogP contribution in [0.4, 0.5) is 15.0 Å². The van der Waals surface area contributed by atoms with E-state index in [1.807, 2.05) is 6.07 Å². The molecule has 2 aromatic heterocycles. The highest BCUT2D eigenvalue weighted by atomic mass is 19.1. The number of carbonyl (C=O) groups excluding carboxylic acids is 1. The van der Waals surface area contributed by atoms with Crippen molar-refractivity contribution in [2.45, 2.75) is 31.3 Å². The molecule has 1 aromatic carbocycles. The van der Waals surface area contributed by atoms with Crippen molar-refractivity contribution < 1.29 is 18.7 Å². The maximum absolute atomic E-state index is 14.4. The number of rotatable bonds is 4. The number of nitrogens with two attached hydrogens (primary N) is 1. The highest BCUT2D eigenvalue weighted by molar-refractivity contribution is 5.76. The Balaban J connectivity index is 1.48. The minimum atomic E-state index is -0.620. The summed E-state index contributed by atoms with van der Waals surface area (Å²) < 4.78 is 25.6. The van der Waals surface area contributed by atoms with Gasteiger partial charge in [-0.15, -0.1) is 0 Å². The lowest BCUT2D eigenvalue weighted by Crippen LogP contribution is -2.57. The summed E-state index contributed by atoms with van der Waals surface area (Å²) in [5.41, 5.74) is 6.18. The molecular formula is C20H17FN6O3. The number of ether oxygens (including phenoxy) is 2. The molecule has 0 saturated heterocycles. The van der Waals surface area contributed by atoms with Crippen LogP contribution in [0.25, 0.3) is 0 Å². The third-order valence-electron chi connectivity index (χ3n) is 5.56. The van der Waals surface area contributed by atoms with E-state index in [1.54, 1.807) is 17.0 Å². The molecule has 30 heavy (non-hydrogen) atoms. The van der Waals surface area contributed by atoms with Crippen LogP contribution in [0.5, 0.6) is 17.5 Å². The summed E-state index contributed by atoms with van der Waals surface area (Å²) in [6.45, 7) is 0.0403. The summed E-state index contributed by atoms with van der Waals surface area (Å²) in [5.74, 6) is 0.0172. The summed E-state index contributed by atoms with van der Waals surface area (Å²) in [6.07, 6.45) is 6.24. The maximum Gasteiger partial charge on any atom is 0.416 e. The number of hydrogen-bond donors (Lipinski definition) is 1. The van der Waals surface area contributed by atoms with E-state index in [0.29, 0.717) is 17.1 Å². The summed E-state index contributed by atoms with van der Waals surface area (Å²) in [7, 11) is 0. The minimum Gasteiger partial charge on any atom is -0.423 e. The molecule has 1 aliphatic carbocycles. The molecule has 1 aliphatic heterocycles. The van der Waals surface area contributed by atoms with E-state index in [1.165, 1.54) is 24.7 Å². The molecule has 0 unspecified atom stereocenters. The molecule has 1 spiro atoms. The normalized spacial score (nSPS) is 16.6. The zero-order valence-corrected chi connectivity index (χ0v) is 15.8. The Morgan fingerprint density at radius 2 is 2.07 bits per heavy atom. The van der Waals surface area contributed by atoms with Gasteiger partial charge >= 0.3 is 12.1 Å². The van der Waals surface area contributed by atoms with E-state index in [0.717, 1.165) is 24.8 Å². The number of carbonyl (C=O) groups is 1. The van der Waals surface area contributed by atoms with Crippen LogP contribution >= 0.6 is 0 Å². The van der Waals surface area contributed by atoms with Crippen molar-refractivity contribution in [3.05, 3.63) is 59.8 Å². The molecule has 10 heteroatoms. The van der Waals surface area contributed by atoms with Crippen molar-refractivity contribution in [1.82, 2.24) is 25.1 Å². The van der Waals surface area contributed by atoms with Crippen LogP contribution in [-0.2, 0) is 12.1 Å². The van der Waals surface area contributed by atoms with Gasteiger partial charge in [0.2, 0.25) is 0 Å². The van der Waals surface area contributed by atoms with E-state index in [-0.39, 0.29) is 18.4 Å². The Hall–Kier alpha value is -3.82. The monoisotopic (exact) mass is 408 g/mol. The molecule has 3 aromatic rings. The topological polar surface area (TPSA) is 116 Å². The molecule has 0 atom stereocenters. The van der Waals surface area contributed by atoms with Crippen molar-refractivity contribution in [2.75, 3.05) is 5.73 Å². The second-order valence-corrected chi connectivity index (χ2v) is 7.19. The number of fused-ring (bicyclic) bond motifs is 2. The van der Waals surface area contributed by atoms with Gasteiger partial charge in [0.05, 0.1) is 24.5 Å². The van der Waals surface area contributed by atoms with E-state index in [4.69, 9.17) is 15.2 Å². The Morgan fingerprint density at radius 1 is 1.20 bits per heavy atom. The second kappa shape index (κ2) is 6.90. The summed E-state index contributed by atoms with van der Waals surface area (Å²) >= 11 is 0. The molecule has 0 radical (unpaired) electrons. The summed E-state index contributed by atoms with van der Waals surface area (Å²) in [5, 5.41) is 7.50. The van der Waals surface area contributed by atoms with Crippen LogP contribution in [0.3, 0.4) is 0 Å². The van der Waals surface area contributed by atoms with Crippen LogP contribution in [0, 0.1) is 5.82 Å². The molecule has 9 nitrogen and oxygen atoms in total. The predicted molar refractivity (Wildman–Crippen MR) is 102 cm³/mol. The van der Waals surface area contributed by atoms with Gasteiger partial charge < -0.3 is 15.2 Å². The van der Waals surface area contributed by atoms with E-state index < -0.39 is 17.4 Å². The third kappa shape index (κ3) is 2.88. The Bertz CT molecular complexity index is 1120. The smallest absolute Gasteiger partial charge is 0.416 e. The number of amides is 1. The van der Waals surface area contributed by atoms with Crippen LogP contribution in [-0.4, -0.2) is 31.2 Å². The largest absolute Gasteiger partial charge is 0.423 e. The van der Waals surface area contributed by atoms with Crippen molar-refractivity contribution >= 4 is 11.9 Å². The first-order chi connectivity index (χ1) is 14.6. The summed E-state index contributed by atoms with van der Waals surface area (Å²) in [4.78, 5) is 22.2. The molecule has 1 amide bonds. The van der Waals surface area contributed by atoms with Gasteiger partial charge in [0.15, 0.2) is 11.6 Å².